The van der Waals surface area contributed by atoms with Crippen molar-refractivity contribution in [2.24, 2.45) is 5.92 Å². The molecule has 20 heavy (non-hydrogen) atoms. The minimum atomic E-state index is -0.814. The molecular weight excluding hydrogens is 254 g/mol. The molecule has 1 N–H and O–H groups in total. The van der Waals surface area contributed by atoms with Gasteiger partial charge < -0.3 is 10.0 Å². The minimum Gasteiger partial charge on any atom is -0.481 e. The molecule has 0 bridgehead atoms. The average molecular weight is 275 g/mol. The van der Waals surface area contributed by atoms with Gasteiger partial charge in [-0.3, -0.25) is 9.59 Å². The first-order chi connectivity index (χ1) is 9.68. The van der Waals surface area contributed by atoms with Gasteiger partial charge in [-0.1, -0.05) is 31.0 Å². The van der Waals surface area contributed by atoms with Crippen molar-refractivity contribution in [3.8, 4) is 0 Å². The van der Waals surface area contributed by atoms with Gasteiger partial charge in [-0.25, -0.2) is 0 Å². The van der Waals surface area contributed by atoms with Crippen LogP contribution in [0.1, 0.15) is 38.5 Å². The molecule has 1 aromatic rings. The van der Waals surface area contributed by atoms with Gasteiger partial charge in [0.2, 0.25) is 5.91 Å². The van der Waals surface area contributed by atoms with Crippen LogP contribution < -0.4 is 4.90 Å². The van der Waals surface area contributed by atoms with E-state index in [0.717, 1.165) is 31.4 Å². The van der Waals surface area contributed by atoms with Crippen LogP contribution in [0.5, 0.6) is 0 Å². The van der Waals surface area contributed by atoms with Crippen molar-refractivity contribution in [3.05, 3.63) is 30.3 Å². The molecule has 0 unspecified atom stereocenters. The Hall–Kier alpha value is -1.84. The van der Waals surface area contributed by atoms with Crippen LogP contribution in [0, 0.1) is 5.92 Å². The van der Waals surface area contributed by atoms with Crippen LogP contribution in [-0.4, -0.2) is 23.5 Å². The number of carboxylic acid groups (broad SMARTS) is 1. The summed E-state index contributed by atoms with van der Waals surface area (Å²) in [7, 11) is 0. The maximum absolute atomic E-state index is 12.6. The number of carbonyl (C=O) groups is 2. The summed E-state index contributed by atoms with van der Waals surface area (Å²) in [5.74, 6) is -0.551. The molecule has 1 fully saturated rings. The van der Waals surface area contributed by atoms with E-state index in [1.54, 1.807) is 4.90 Å². The number of amides is 1. The predicted molar refractivity (Wildman–Crippen MR) is 77.6 cm³/mol. The van der Waals surface area contributed by atoms with Crippen LogP contribution in [0.25, 0.3) is 0 Å². The number of aliphatic carboxylic acids is 1. The fourth-order valence-electron chi connectivity index (χ4n) is 2.76. The quantitative estimate of drug-likeness (QED) is 0.868. The van der Waals surface area contributed by atoms with E-state index in [1.165, 1.54) is 0 Å². The third-order valence-electron chi connectivity index (χ3n) is 3.81. The molecule has 0 aromatic heterocycles. The SMILES string of the molecule is O=C(O)CCCN(C(=O)C1CCCC1)c1ccccc1. The first-order valence-corrected chi connectivity index (χ1v) is 7.26. The fraction of sp³-hybridized carbons (Fsp3) is 0.500. The van der Waals surface area contributed by atoms with Gasteiger partial charge in [0.1, 0.15) is 0 Å². The van der Waals surface area contributed by atoms with E-state index < -0.39 is 5.97 Å². The standard InChI is InChI=1S/C16H21NO3/c18-15(19)11-6-12-17(14-9-2-1-3-10-14)16(20)13-7-4-5-8-13/h1-3,9-10,13H,4-8,11-12H2,(H,18,19). The zero-order chi connectivity index (χ0) is 14.4. The van der Waals surface area contributed by atoms with Gasteiger partial charge in [0, 0.05) is 24.6 Å². The van der Waals surface area contributed by atoms with E-state index in [-0.39, 0.29) is 18.2 Å². The van der Waals surface area contributed by atoms with E-state index in [0.29, 0.717) is 13.0 Å². The Morgan fingerprint density at radius 2 is 1.80 bits per heavy atom. The second-order valence-corrected chi connectivity index (χ2v) is 5.30. The summed E-state index contributed by atoms with van der Waals surface area (Å²) < 4.78 is 0. The van der Waals surface area contributed by atoms with Crippen LogP contribution in [0.2, 0.25) is 0 Å². The normalized spacial score (nSPS) is 15.2. The third kappa shape index (κ3) is 3.83. The number of para-hydroxylation sites is 1. The minimum absolute atomic E-state index is 0.0985. The Balaban J connectivity index is 2.06. The Morgan fingerprint density at radius 3 is 2.40 bits per heavy atom. The monoisotopic (exact) mass is 275 g/mol. The number of hydrogen-bond acceptors (Lipinski definition) is 2. The van der Waals surface area contributed by atoms with Crippen molar-refractivity contribution in [1.29, 1.82) is 0 Å². The highest BCUT2D eigenvalue weighted by Crippen LogP contribution is 2.28. The largest absolute Gasteiger partial charge is 0.481 e. The predicted octanol–water partition coefficient (Wildman–Crippen LogP) is 3.07. The van der Waals surface area contributed by atoms with Gasteiger partial charge in [-0.05, 0) is 31.4 Å². The van der Waals surface area contributed by atoms with Gasteiger partial charge >= 0.3 is 5.97 Å². The van der Waals surface area contributed by atoms with E-state index in [4.69, 9.17) is 5.11 Å². The number of carbonyl (C=O) groups excluding carboxylic acids is 1. The Bertz CT molecular complexity index is 452. The summed E-state index contributed by atoms with van der Waals surface area (Å²) in [6.07, 6.45) is 4.74. The molecule has 0 aliphatic heterocycles. The molecule has 1 aliphatic carbocycles. The van der Waals surface area contributed by atoms with Crippen molar-refractivity contribution in [1.82, 2.24) is 0 Å². The molecule has 0 heterocycles. The van der Waals surface area contributed by atoms with E-state index in [1.807, 2.05) is 30.3 Å². The molecule has 0 radical (unpaired) electrons. The Morgan fingerprint density at radius 1 is 1.15 bits per heavy atom. The second kappa shape index (κ2) is 7.08. The summed E-state index contributed by atoms with van der Waals surface area (Å²) >= 11 is 0. The molecule has 4 nitrogen and oxygen atoms in total. The van der Waals surface area contributed by atoms with Gasteiger partial charge in [0.15, 0.2) is 0 Å². The van der Waals surface area contributed by atoms with Crippen molar-refractivity contribution in [2.45, 2.75) is 38.5 Å². The molecule has 2 rings (SSSR count). The number of anilines is 1. The van der Waals surface area contributed by atoms with Gasteiger partial charge in [-0.15, -0.1) is 0 Å². The first-order valence-electron chi connectivity index (χ1n) is 7.26. The summed E-state index contributed by atoms with van der Waals surface area (Å²) in [5, 5.41) is 8.74. The highest BCUT2D eigenvalue weighted by atomic mass is 16.4. The number of carboxylic acids is 1. The smallest absolute Gasteiger partial charge is 0.303 e. The van der Waals surface area contributed by atoms with Crippen molar-refractivity contribution in [2.75, 3.05) is 11.4 Å². The zero-order valence-corrected chi connectivity index (χ0v) is 11.6. The molecule has 0 atom stereocenters. The number of rotatable bonds is 6. The number of benzene rings is 1. The molecule has 0 spiro atoms. The van der Waals surface area contributed by atoms with Gasteiger partial charge in [0.05, 0.1) is 0 Å². The molecular formula is C16H21NO3. The highest BCUT2D eigenvalue weighted by molar-refractivity contribution is 5.95. The third-order valence-corrected chi connectivity index (χ3v) is 3.81. The fourth-order valence-corrected chi connectivity index (χ4v) is 2.76. The van der Waals surface area contributed by atoms with E-state index in [9.17, 15) is 9.59 Å². The van der Waals surface area contributed by atoms with Crippen molar-refractivity contribution < 1.29 is 14.7 Å². The van der Waals surface area contributed by atoms with Crippen LogP contribution in [0.3, 0.4) is 0 Å². The topological polar surface area (TPSA) is 57.6 Å². The molecule has 0 saturated heterocycles. The first kappa shape index (κ1) is 14.6. The summed E-state index contributed by atoms with van der Waals surface area (Å²) in [6.45, 7) is 0.478. The lowest BCUT2D eigenvalue weighted by Crippen LogP contribution is -2.36. The summed E-state index contributed by atoms with van der Waals surface area (Å²) in [5.41, 5.74) is 0.870. The Kier molecular flexibility index (Phi) is 5.16. The Labute approximate surface area is 119 Å². The lowest BCUT2D eigenvalue weighted by atomic mass is 10.1. The molecule has 108 valence electrons. The highest BCUT2D eigenvalue weighted by Gasteiger charge is 2.27. The molecule has 1 amide bonds. The van der Waals surface area contributed by atoms with Crippen LogP contribution in [-0.2, 0) is 9.59 Å². The van der Waals surface area contributed by atoms with E-state index >= 15 is 0 Å². The van der Waals surface area contributed by atoms with E-state index in [2.05, 4.69) is 0 Å². The molecule has 1 saturated carbocycles. The molecule has 1 aliphatic rings. The maximum atomic E-state index is 12.6. The van der Waals surface area contributed by atoms with Crippen LogP contribution in [0.15, 0.2) is 30.3 Å². The summed E-state index contributed by atoms with van der Waals surface area (Å²) in [4.78, 5) is 25.0. The average Bonchev–Trinajstić information content (AvgIpc) is 2.98. The lowest BCUT2D eigenvalue weighted by molar-refractivity contribution is -0.137. The van der Waals surface area contributed by atoms with Crippen molar-refractivity contribution >= 4 is 17.6 Å². The number of nitrogens with zero attached hydrogens (tertiary/aromatic N) is 1. The zero-order valence-electron chi connectivity index (χ0n) is 11.6. The molecule has 4 heteroatoms. The molecule has 1 aromatic carbocycles. The van der Waals surface area contributed by atoms with Crippen molar-refractivity contribution in [3.63, 3.8) is 0 Å². The van der Waals surface area contributed by atoms with Crippen LogP contribution >= 0.6 is 0 Å². The van der Waals surface area contributed by atoms with Gasteiger partial charge in [0.25, 0.3) is 0 Å². The van der Waals surface area contributed by atoms with Crippen LogP contribution in [0.4, 0.5) is 5.69 Å². The number of hydrogen-bond donors (Lipinski definition) is 1. The lowest BCUT2D eigenvalue weighted by Gasteiger charge is -2.25. The van der Waals surface area contributed by atoms with Gasteiger partial charge in [-0.2, -0.15) is 0 Å². The second-order valence-electron chi connectivity index (χ2n) is 5.30. The maximum Gasteiger partial charge on any atom is 0.303 e. The summed E-state index contributed by atoms with van der Waals surface area (Å²) in [6, 6.07) is 9.54.